The summed E-state index contributed by atoms with van der Waals surface area (Å²) >= 11 is 0. The zero-order valence-electron chi connectivity index (χ0n) is 19.9. The predicted octanol–water partition coefficient (Wildman–Crippen LogP) is 4.80. The van der Waals surface area contributed by atoms with Gasteiger partial charge in [0.1, 0.15) is 11.6 Å². The van der Waals surface area contributed by atoms with E-state index >= 15 is 0 Å². The lowest BCUT2D eigenvalue weighted by Gasteiger charge is -2.36. The molecule has 2 fully saturated rings. The molecule has 176 valence electrons. The summed E-state index contributed by atoms with van der Waals surface area (Å²) in [6, 6.07) is 10.5. The second kappa shape index (κ2) is 9.43. The topological polar surface area (TPSA) is 79.4 Å². The number of carbonyl (C=O) groups is 1. The molecule has 3 heterocycles. The number of rotatable bonds is 6. The summed E-state index contributed by atoms with van der Waals surface area (Å²) in [6.07, 6.45) is 10.2. The van der Waals surface area contributed by atoms with Crippen LogP contribution in [-0.2, 0) is 9.53 Å². The average molecular weight is 458 g/mol. The highest BCUT2D eigenvalue weighted by Crippen LogP contribution is 2.31. The zero-order chi connectivity index (χ0) is 23.7. The minimum absolute atomic E-state index is 0.0518. The molecule has 0 radical (unpaired) electrons. The van der Waals surface area contributed by atoms with E-state index in [4.69, 9.17) is 4.74 Å². The number of carbonyl (C=O) groups excluding carboxylic acids is 1. The molecule has 1 aliphatic heterocycles. The Balaban J connectivity index is 1.38. The van der Waals surface area contributed by atoms with Gasteiger partial charge in [-0.25, -0.2) is 9.97 Å². The van der Waals surface area contributed by atoms with Gasteiger partial charge >= 0.3 is 0 Å². The molecule has 34 heavy (non-hydrogen) atoms. The fraction of sp³-hybridized carbons (Fsp3) is 0.370. The minimum Gasteiger partial charge on any atom is -0.373 e. The number of nitrogens with zero attached hydrogens (tertiary/aromatic N) is 3. The van der Waals surface area contributed by atoms with E-state index in [1.54, 1.807) is 6.20 Å². The number of aromatic nitrogens is 2. The first-order valence-electron chi connectivity index (χ1n) is 12.0. The first-order chi connectivity index (χ1) is 16.5. The largest absolute Gasteiger partial charge is 0.373 e. The minimum atomic E-state index is 0.0518. The normalized spacial score (nSPS) is 20.6. The van der Waals surface area contributed by atoms with Gasteiger partial charge in [0, 0.05) is 55.1 Å². The van der Waals surface area contributed by atoms with Gasteiger partial charge in [0.15, 0.2) is 0 Å². The van der Waals surface area contributed by atoms with Gasteiger partial charge in [0.05, 0.1) is 12.2 Å². The number of anilines is 3. The van der Waals surface area contributed by atoms with Crippen LogP contribution in [0.25, 0.3) is 22.9 Å². The van der Waals surface area contributed by atoms with Crippen molar-refractivity contribution in [1.29, 1.82) is 0 Å². The number of pyridine rings is 2. The first kappa shape index (κ1) is 22.3. The molecule has 0 unspecified atom stereocenters. The predicted molar refractivity (Wildman–Crippen MR) is 138 cm³/mol. The molecule has 0 bridgehead atoms. The summed E-state index contributed by atoms with van der Waals surface area (Å²) in [4.78, 5) is 23.6. The van der Waals surface area contributed by atoms with E-state index in [2.05, 4.69) is 75.8 Å². The molecular weight excluding hydrogens is 426 g/mol. The van der Waals surface area contributed by atoms with Crippen molar-refractivity contribution < 1.29 is 9.53 Å². The van der Waals surface area contributed by atoms with E-state index in [9.17, 15) is 4.79 Å². The molecule has 0 spiro atoms. The number of hydrogen-bond acceptors (Lipinski definition) is 6. The molecule has 1 aliphatic carbocycles. The molecule has 7 nitrogen and oxygen atoms in total. The van der Waals surface area contributed by atoms with Crippen molar-refractivity contribution >= 4 is 46.2 Å². The lowest BCUT2D eigenvalue weighted by atomic mass is 10.1. The third-order valence-corrected chi connectivity index (χ3v) is 6.37. The van der Waals surface area contributed by atoms with Crippen molar-refractivity contribution in [3.8, 4) is 0 Å². The number of hydrogen-bond donors (Lipinski definition) is 2. The van der Waals surface area contributed by atoms with E-state index in [0.29, 0.717) is 5.82 Å². The third kappa shape index (κ3) is 4.89. The van der Waals surface area contributed by atoms with E-state index in [-0.39, 0.29) is 24.0 Å². The Kier molecular flexibility index (Phi) is 6.20. The lowest BCUT2D eigenvalue weighted by molar-refractivity contribution is -0.117. The van der Waals surface area contributed by atoms with Crippen LogP contribution in [0, 0.1) is 5.92 Å². The van der Waals surface area contributed by atoms with Crippen molar-refractivity contribution in [3.63, 3.8) is 0 Å². The molecule has 2 aromatic heterocycles. The fourth-order valence-electron chi connectivity index (χ4n) is 4.50. The van der Waals surface area contributed by atoms with Crippen LogP contribution in [0.2, 0.25) is 0 Å². The highest BCUT2D eigenvalue weighted by Gasteiger charge is 2.29. The number of ether oxygens (including phenoxy) is 1. The van der Waals surface area contributed by atoms with Crippen LogP contribution in [0.15, 0.2) is 42.7 Å². The Labute approximate surface area is 200 Å². The number of benzene rings is 1. The number of nitrogens with one attached hydrogen (secondary N) is 2. The maximum atomic E-state index is 12.2. The molecule has 2 N–H and O–H groups in total. The molecule has 2 atom stereocenters. The second-order valence-corrected chi connectivity index (χ2v) is 9.28. The van der Waals surface area contributed by atoms with Crippen molar-refractivity contribution in [2.75, 3.05) is 35.7 Å². The average Bonchev–Trinajstić information content (AvgIpc) is 3.68. The van der Waals surface area contributed by atoms with E-state index in [1.165, 1.54) is 5.69 Å². The number of amides is 1. The summed E-state index contributed by atoms with van der Waals surface area (Å²) in [5, 5.41) is 7.98. The molecule has 2 aliphatic rings. The first-order valence-corrected chi connectivity index (χ1v) is 12.0. The molecule has 7 heteroatoms. The van der Waals surface area contributed by atoms with Crippen LogP contribution in [0.3, 0.4) is 0 Å². The van der Waals surface area contributed by atoms with Crippen molar-refractivity contribution in [1.82, 2.24) is 9.97 Å². The smallest absolute Gasteiger partial charge is 0.228 e. The van der Waals surface area contributed by atoms with Crippen LogP contribution < -0.4 is 15.5 Å². The summed E-state index contributed by atoms with van der Waals surface area (Å²) in [5.74, 6) is 1.52. The van der Waals surface area contributed by atoms with E-state index in [0.717, 1.165) is 53.6 Å². The van der Waals surface area contributed by atoms with Gasteiger partial charge in [-0.2, -0.15) is 0 Å². The summed E-state index contributed by atoms with van der Waals surface area (Å²) in [6.45, 7) is 6.05. The van der Waals surface area contributed by atoms with Crippen LogP contribution in [-0.4, -0.2) is 48.2 Å². The van der Waals surface area contributed by atoms with Gasteiger partial charge in [-0.15, -0.1) is 0 Å². The standard InChI is InChI=1S/C27H31N5O2/c1-17-15-32(16-18(2)34-17)22-10-5-19(6-11-22)4-7-21-13-30-26(28-3)24-14-29-25(12-23(21)24)31-27(33)20-8-9-20/h4-7,10-14,17-18,20H,8-9,15-16H2,1-3H3,(H,28,30)(H,29,31,33)/b7-4+/t17-,18+. The Morgan fingerprint density at radius 3 is 2.44 bits per heavy atom. The molecule has 5 rings (SSSR count). The maximum absolute atomic E-state index is 12.2. The molecule has 1 amide bonds. The Hall–Kier alpha value is -3.45. The van der Waals surface area contributed by atoms with Crippen molar-refractivity contribution in [3.05, 3.63) is 53.9 Å². The van der Waals surface area contributed by atoms with Crippen LogP contribution in [0.1, 0.15) is 37.8 Å². The second-order valence-electron chi connectivity index (χ2n) is 9.28. The van der Waals surface area contributed by atoms with E-state index in [1.807, 2.05) is 19.3 Å². The SMILES string of the molecule is CNc1ncc(/C=C/c2ccc(N3C[C@@H](C)O[C@@H](C)C3)cc2)c2cc(NC(=O)C3CC3)ncc12. The third-order valence-electron chi connectivity index (χ3n) is 6.37. The number of morpholine rings is 1. The maximum Gasteiger partial charge on any atom is 0.228 e. The van der Waals surface area contributed by atoms with Crippen LogP contribution in [0.5, 0.6) is 0 Å². The molecule has 3 aromatic rings. The van der Waals surface area contributed by atoms with Crippen LogP contribution >= 0.6 is 0 Å². The summed E-state index contributed by atoms with van der Waals surface area (Å²) < 4.78 is 5.85. The van der Waals surface area contributed by atoms with Crippen molar-refractivity contribution in [2.24, 2.45) is 5.92 Å². The Morgan fingerprint density at radius 1 is 1.03 bits per heavy atom. The zero-order valence-corrected chi connectivity index (χ0v) is 19.9. The molecule has 1 saturated carbocycles. The fourth-order valence-corrected chi connectivity index (χ4v) is 4.50. The molecule has 1 saturated heterocycles. The highest BCUT2D eigenvalue weighted by molar-refractivity contribution is 6.01. The molecular formula is C27H31N5O2. The monoisotopic (exact) mass is 457 g/mol. The van der Waals surface area contributed by atoms with Gasteiger partial charge < -0.3 is 20.3 Å². The molecule has 1 aromatic carbocycles. The van der Waals surface area contributed by atoms with Gasteiger partial charge in [-0.1, -0.05) is 24.3 Å². The summed E-state index contributed by atoms with van der Waals surface area (Å²) in [5.41, 5.74) is 3.30. The van der Waals surface area contributed by atoms with Gasteiger partial charge in [0.2, 0.25) is 5.91 Å². The summed E-state index contributed by atoms with van der Waals surface area (Å²) in [7, 11) is 1.84. The van der Waals surface area contributed by atoms with Crippen LogP contribution in [0.4, 0.5) is 17.3 Å². The van der Waals surface area contributed by atoms with Gasteiger partial charge in [-0.05, 0) is 55.8 Å². The highest BCUT2D eigenvalue weighted by atomic mass is 16.5. The quantitative estimate of drug-likeness (QED) is 0.553. The van der Waals surface area contributed by atoms with Crippen molar-refractivity contribution in [2.45, 2.75) is 38.9 Å². The van der Waals surface area contributed by atoms with Gasteiger partial charge in [0.25, 0.3) is 0 Å². The Morgan fingerprint density at radius 2 is 1.76 bits per heavy atom. The lowest BCUT2D eigenvalue weighted by Crippen LogP contribution is -2.45. The van der Waals surface area contributed by atoms with Gasteiger partial charge in [-0.3, -0.25) is 4.79 Å². The number of fused-ring (bicyclic) bond motifs is 1. The van der Waals surface area contributed by atoms with E-state index < -0.39 is 0 Å². The Bertz CT molecular complexity index is 1210.